The van der Waals surface area contributed by atoms with E-state index in [0.29, 0.717) is 24.0 Å². The highest BCUT2D eigenvalue weighted by atomic mass is 19.1. The van der Waals surface area contributed by atoms with Gasteiger partial charge in [0.25, 0.3) is 5.91 Å². The van der Waals surface area contributed by atoms with Crippen LogP contribution in [-0.2, 0) is 0 Å². The average Bonchev–Trinajstić information content (AvgIpc) is 2.64. The van der Waals surface area contributed by atoms with Crippen LogP contribution in [0.3, 0.4) is 0 Å². The molecule has 3 rings (SSSR count). The first kappa shape index (κ1) is 11.2. The zero-order chi connectivity index (χ0) is 12.9. The molecule has 0 saturated carbocycles. The van der Waals surface area contributed by atoms with E-state index in [1.165, 1.54) is 11.0 Å². The Balaban J connectivity index is 2.05. The fraction of sp³-hybridized carbons (Fsp3) is 0.308. The van der Waals surface area contributed by atoms with Gasteiger partial charge >= 0.3 is 0 Å². The summed E-state index contributed by atoms with van der Waals surface area (Å²) in [6, 6.07) is 4.60. The summed E-state index contributed by atoms with van der Waals surface area (Å²) in [7, 11) is 0. The highest BCUT2D eigenvalue weighted by Crippen LogP contribution is 2.28. The van der Waals surface area contributed by atoms with Gasteiger partial charge in [0.2, 0.25) is 0 Å². The maximum Gasteiger partial charge on any atom is 0.290 e. The Morgan fingerprint density at radius 1 is 1.50 bits per heavy atom. The summed E-state index contributed by atoms with van der Waals surface area (Å²) in [4.78, 5) is 13.6. The number of aryl methyl sites for hydroxylation is 1. The summed E-state index contributed by atoms with van der Waals surface area (Å²) in [5.41, 5.74) is 0.746. The molecule has 5 heteroatoms. The molecule has 0 aliphatic carbocycles. The molecule has 0 atom stereocenters. The van der Waals surface area contributed by atoms with Crippen LogP contribution in [0.4, 0.5) is 4.39 Å². The van der Waals surface area contributed by atoms with Gasteiger partial charge in [-0.2, -0.15) is 0 Å². The molecule has 1 amide bonds. The average molecular weight is 249 g/mol. The van der Waals surface area contributed by atoms with Crippen molar-refractivity contribution in [1.29, 1.82) is 0 Å². The molecule has 0 bridgehead atoms. The predicted molar refractivity (Wildman–Crippen MR) is 62.8 cm³/mol. The molecule has 1 aliphatic heterocycles. The van der Waals surface area contributed by atoms with Crippen molar-refractivity contribution in [2.24, 2.45) is 0 Å². The van der Waals surface area contributed by atoms with Crippen molar-refractivity contribution in [3.63, 3.8) is 0 Å². The fourth-order valence-electron chi connectivity index (χ4n) is 2.18. The number of benzene rings is 1. The van der Waals surface area contributed by atoms with E-state index in [0.717, 1.165) is 0 Å². The number of β-amino-alcohol motifs (C(OH)–C–C–N with tert-alkyl or cyclic N) is 1. The number of furan rings is 1. The topological polar surface area (TPSA) is 53.7 Å². The minimum absolute atomic E-state index is 0.111. The zero-order valence-corrected chi connectivity index (χ0v) is 9.81. The predicted octanol–water partition coefficient (Wildman–Crippen LogP) is 1.70. The van der Waals surface area contributed by atoms with Crippen LogP contribution in [0.5, 0.6) is 0 Å². The van der Waals surface area contributed by atoms with E-state index >= 15 is 0 Å². The maximum absolute atomic E-state index is 13.5. The number of fused-ring (bicyclic) bond motifs is 1. The van der Waals surface area contributed by atoms with E-state index in [9.17, 15) is 14.3 Å². The van der Waals surface area contributed by atoms with Gasteiger partial charge in [-0.05, 0) is 13.0 Å². The number of nitrogens with zero attached hydrogens (tertiary/aromatic N) is 1. The molecule has 2 heterocycles. The molecule has 4 nitrogen and oxygen atoms in total. The Bertz CT molecular complexity index is 628. The summed E-state index contributed by atoms with van der Waals surface area (Å²) >= 11 is 0. The molecule has 94 valence electrons. The van der Waals surface area contributed by atoms with E-state index in [2.05, 4.69) is 0 Å². The summed E-state index contributed by atoms with van der Waals surface area (Å²) < 4.78 is 18.9. The smallest absolute Gasteiger partial charge is 0.290 e. The van der Waals surface area contributed by atoms with Crippen LogP contribution in [0.1, 0.15) is 16.1 Å². The van der Waals surface area contributed by atoms with Gasteiger partial charge in [0.05, 0.1) is 6.10 Å². The highest BCUT2D eigenvalue weighted by molar-refractivity contribution is 5.99. The molecule has 0 spiro atoms. The maximum atomic E-state index is 13.5. The second-order valence-corrected chi connectivity index (χ2v) is 4.54. The molecule has 1 aromatic carbocycles. The van der Waals surface area contributed by atoms with Crippen LogP contribution in [0.15, 0.2) is 22.6 Å². The molecule has 1 aromatic heterocycles. The van der Waals surface area contributed by atoms with Gasteiger partial charge in [0.15, 0.2) is 17.2 Å². The van der Waals surface area contributed by atoms with E-state index in [-0.39, 0.29) is 17.3 Å². The second-order valence-electron chi connectivity index (χ2n) is 4.54. The van der Waals surface area contributed by atoms with Gasteiger partial charge in [-0.15, -0.1) is 0 Å². The minimum atomic E-state index is -0.474. The normalized spacial score (nSPS) is 16.1. The Labute approximate surface area is 103 Å². The number of aliphatic hydroxyl groups is 1. The molecule has 0 radical (unpaired) electrons. The highest BCUT2D eigenvalue weighted by Gasteiger charge is 2.32. The monoisotopic (exact) mass is 249 g/mol. The SMILES string of the molecule is Cc1c(C(=O)N2CC(O)C2)oc2c(F)cccc12. The lowest BCUT2D eigenvalue weighted by molar-refractivity contribution is 0.00398. The van der Waals surface area contributed by atoms with Crippen molar-refractivity contribution in [2.75, 3.05) is 13.1 Å². The van der Waals surface area contributed by atoms with Crippen molar-refractivity contribution in [2.45, 2.75) is 13.0 Å². The van der Waals surface area contributed by atoms with Crippen molar-refractivity contribution >= 4 is 16.9 Å². The third kappa shape index (κ3) is 1.51. The summed E-state index contributed by atoms with van der Waals surface area (Å²) in [5, 5.41) is 9.79. The number of para-hydroxylation sites is 1. The summed E-state index contributed by atoms with van der Waals surface area (Å²) in [5.74, 6) is -0.617. The number of halogens is 1. The van der Waals surface area contributed by atoms with E-state index in [1.54, 1.807) is 19.1 Å². The van der Waals surface area contributed by atoms with Crippen molar-refractivity contribution in [1.82, 2.24) is 4.90 Å². The molecule has 18 heavy (non-hydrogen) atoms. The lowest BCUT2D eigenvalue weighted by atomic mass is 10.1. The Hall–Kier alpha value is -1.88. The number of likely N-dealkylation sites (tertiary alicyclic amines) is 1. The van der Waals surface area contributed by atoms with E-state index in [1.807, 2.05) is 0 Å². The summed E-state index contributed by atoms with van der Waals surface area (Å²) in [6.45, 7) is 2.34. The van der Waals surface area contributed by atoms with Crippen LogP contribution < -0.4 is 0 Å². The number of rotatable bonds is 1. The molecular weight excluding hydrogens is 237 g/mol. The minimum Gasteiger partial charge on any atom is -0.448 e. The first-order valence-electron chi connectivity index (χ1n) is 5.73. The number of hydrogen-bond acceptors (Lipinski definition) is 3. The van der Waals surface area contributed by atoms with Gasteiger partial charge in [0.1, 0.15) is 0 Å². The number of aliphatic hydroxyl groups excluding tert-OH is 1. The largest absolute Gasteiger partial charge is 0.448 e. The Kier molecular flexibility index (Phi) is 2.38. The molecule has 2 aromatic rings. The molecule has 1 fully saturated rings. The van der Waals surface area contributed by atoms with Crippen LogP contribution in [-0.4, -0.2) is 35.1 Å². The lowest BCUT2D eigenvalue weighted by Gasteiger charge is -2.35. The van der Waals surface area contributed by atoms with E-state index < -0.39 is 11.9 Å². The quantitative estimate of drug-likeness (QED) is 0.836. The molecular formula is C13H12FNO3. The molecule has 1 aliphatic rings. The van der Waals surface area contributed by atoms with Crippen LogP contribution >= 0.6 is 0 Å². The van der Waals surface area contributed by atoms with Crippen molar-refractivity contribution < 1.29 is 18.7 Å². The van der Waals surface area contributed by atoms with Crippen molar-refractivity contribution in [3.05, 3.63) is 35.3 Å². The van der Waals surface area contributed by atoms with Crippen molar-refractivity contribution in [3.8, 4) is 0 Å². The van der Waals surface area contributed by atoms with E-state index in [4.69, 9.17) is 4.42 Å². The Morgan fingerprint density at radius 3 is 2.83 bits per heavy atom. The number of carbonyl (C=O) groups is 1. The van der Waals surface area contributed by atoms with Gasteiger partial charge in [0, 0.05) is 24.0 Å². The first-order chi connectivity index (χ1) is 8.58. The van der Waals surface area contributed by atoms with Gasteiger partial charge < -0.3 is 14.4 Å². The lowest BCUT2D eigenvalue weighted by Crippen LogP contribution is -2.53. The van der Waals surface area contributed by atoms with Gasteiger partial charge in [-0.3, -0.25) is 4.79 Å². The second kappa shape index (κ2) is 3.81. The Morgan fingerprint density at radius 2 is 2.22 bits per heavy atom. The molecule has 0 unspecified atom stereocenters. The third-order valence-electron chi connectivity index (χ3n) is 3.26. The van der Waals surface area contributed by atoms with Gasteiger partial charge in [-0.1, -0.05) is 12.1 Å². The fourth-order valence-corrected chi connectivity index (χ4v) is 2.18. The number of carbonyl (C=O) groups excluding carboxylic acids is 1. The summed E-state index contributed by atoms with van der Waals surface area (Å²) in [6.07, 6.45) is -0.463. The van der Waals surface area contributed by atoms with Crippen LogP contribution in [0, 0.1) is 12.7 Å². The first-order valence-corrected chi connectivity index (χ1v) is 5.73. The zero-order valence-electron chi connectivity index (χ0n) is 9.81. The molecule has 1 N–H and O–H groups in total. The van der Waals surface area contributed by atoms with Crippen LogP contribution in [0.25, 0.3) is 11.0 Å². The molecule has 1 saturated heterocycles. The third-order valence-corrected chi connectivity index (χ3v) is 3.26. The van der Waals surface area contributed by atoms with Crippen LogP contribution in [0.2, 0.25) is 0 Å². The van der Waals surface area contributed by atoms with Gasteiger partial charge in [-0.25, -0.2) is 4.39 Å². The number of amides is 1. The number of hydrogen-bond donors (Lipinski definition) is 1. The standard InChI is InChI=1S/C13H12FNO3/c1-7-9-3-2-4-10(14)12(9)18-11(7)13(17)15-5-8(16)6-15/h2-4,8,16H,5-6H2,1H3.